The molecule has 0 spiro atoms. The van der Waals surface area contributed by atoms with Crippen LogP contribution in [-0.2, 0) is 27.6 Å². The van der Waals surface area contributed by atoms with Gasteiger partial charge in [-0.1, -0.05) is 24.3 Å². The summed E-state index contributed by atoms with van der Waals surface area (Å²) in [5.74, 6) is 0. The van der Waals surface area contributed by atoms with Crippen molar-refractivity contribution in [1.29, 1.82) is 0 Å². The molecule has 0 aliphatic heterocycles. The maximum Gasteiger partial charge on any atom is 0.294 e. The van der Waals surface area contributed by atoms with Crippen molar-refractivity contribution < 1.29 is 21.7 Å². The molecule has 7 heteroatoms. The van der Waals surface area contributed by atoms with Crippen LogP contribution in [-0.4, -0.2) is 21.7 Å². The third kappa shape index (κ3) is 3.73. The number of rotatable bonds is 4. The van der Waals surface area contributed by atoms with E-state index in [9.17, 15) is 17.2 Å². The lowest BCUT2D eigenvalue weighted by Gasteiger charge is -2.07. The van der Waals surface area contributed by atoms with Crippen molar-refractivity contribution in [2.45, 2.75) is 16.2 Å². The van der Waals surface area contributed by atoms with E-state index in [2.05, 4.69) is 0 Å². The van der Waals surface area contributed by atoms with Crippen LogP contribution < -0.4 is 0 Å². The first-order valence-electron chi connectivity index (χ1n) is 5.61. The molecule has 0 radical (unpaired) electrons. The van der Waals surface area contributed by atoms with Crippen molar-refractivity contribution in [3.05, 3.63) is 59.7 Å². The zero-order chi connectivity index (χ0) is 14.8. The van der Waals surface area contributed by atoms with E-state index < -0.39 is 21.2 Å². The first kappa shape index (κ1) is 14.9. The molecule has 0 fully saturated rings. The van der Waals surface area contributed by atoms with Crippen molar-refractivity contribution in [3.63, 3.8) is 0 Å². The van der Waals surface area contributed by atoms with Crippen LogP contribution in [0.2, 0.25) is 0 Å². The summed E-state index contributed by atoms with van der Waals surface area (Å²) in [7, 11) is -4.18. The van der Waals surface area contributed by atoms with E-state index in [1.807, 2.05) is 0 Å². The predicted octanol–water partition coefficient (Wildman–Crippen LogP) is 1.76. The lowest BCUT2D eigenvalue weighted by Crippen LogP contribution is -1.98. The molecule has 0 bridgehead atoms. The lowest BCUT2D eigenvalue weighted by atomic mass is 10.1. The molecular weight excluding hydrogens is 300 g/mol. The summed E-state index contributed by atoms with van der Waals surface area (Å²) in [6.45, 7) is 0. The molecular formula is C13H11O5S2-. The predicted molar refractivity (Wildman–Crippen MR) is 72.7 cm³/mol. The molecule has 2 rings (SSSR count). The van der Waals surface area contributed by atoms with Crippen molar-refractivity contribution in [3.8, 4) is 0 Å². The van der Waals surface area contributed by atoms with Crippen molar-refractivity contribution >= 4 is 21.2 Å². The van der Waals surface area contributed by atoms with Crippen LogP contribution in [0, 0.1) is 0 Å². The smallest absolute Gasteiger partial charge is 0.294 e. The van der Waals surface area contributed by atoms with Gasteiger partial charge in [0.15, 0.2) is 0 Å². The Bertz CT molecular complexity index is 718. The number of benzene rings is 2. The molecule has 2 aromatic carbocycles. The van der Waals surface area contributed by atoms with Crippen molar-refractivity contribution in [2.75, 3.05) is 0 Å². The Morgan fingerprint density at radius 2 is 1.40 bits per heavy atom. The molecule has 20 heavy (non-hydrogen) atoms. The minimum absolute atomic E-state index is 0.154. The highest BCUT2D eigenvalue weighted by molar-refractivity contribution is 7.85. The molecule has 0 aliphatic rings. The van der Waals surface area contributed by atoms with Gasteiger partial charge in [-0.3, -0.25) is 8.76 Å². The van der Waals surface area contributed by atoms with Gasteiger partial charge in [-0.2, -0.15) is 8.42 Å². The third-order valence-corrected chi connectivity index (χ3v) is 4.27. The average molecular weight is 311 g/mol. The fourth-order valence-electron chi connectivity index (χ4n) is 1.73. The largest absolute Gasteiger partial charge is 0.768 e. The SMILES string of the molecule is O=S([O-])c1ccc(Cc2ccc(S(=O)(=O)O)cc2)cc1. The summed E-state index contributed by atoms with van der Waals surface area (Å²) >= 11 is -2.24. The molecule has 0 heterocycles. The Morgan fingerprint density at radius 3 is 1.80 bits per heavy atom. The first-order chi connectivity index (χ1) is 9.36. The van der Waals surface area contributed by atoms with E-state index in [4.69, 9.17) is 4.55 Å². The Morgan fingerprint density at radius 1 is 0.950 bits per heavy atom. The third-order valence-electron chi connectivity index (χ3n) is 2.75. The van der Waals surface area contributed by atoms with Crippen LogP contribution in [0.25, 0.3) is 0 Å². The number of hydrogen-bond acceptors (Lipinski definition) is 4. The van der Waals surface area contributed by atoms with Crippen LogP contribution in [0.3, 0.4) is 0 Å². The van der Waals surface area contributed by atoms with E-state index in [0.29, 0.717) is 6.42 Å². The van der Waals surface area contributed by atoms with E-state index in [1.54, 1.807) is 24.3 Å². The summed E-state index contributed by atoms with van der Waals surface area (Å²) in [4.78, 5) is 0.0637. The quantitative estimate of drug-likeness (QED) is 0.686. The van der Waals surface area contributed by atoms with Gasteiger partial charge >= 0.3 is 0 Å². The second kappa shape index (κ2) is 5.84. The summed E-state index contributed by atoms with van der Waals surface area (Å²) in [6, 6.07) is 12.3. The zero-order valence-electron chi connectivity index (χ0n) is 10.2. The van der Waals surface area contributed by atoms with Crippen molar-refractivity contribution in [1.82, 2.24) is 0 Å². The second-order valence-corrected chi connectivity index (χ2v) is 6.54. The van der Waals surface area contributed by atoms with E-state index in [1.165, 1.54) is 24.3 Å². The van der Waals surface area contributed by atoms with Crippen LogP contribution in [0.15, 0.2) is 58.3 Å². The van der Waals surface area contributed by atoms with Gasteiger partial charge in [0, 0.05) is 4.90 Å². The molecule has 0 amide bonds. The van der Waals surface area contributed by atoms with Crippen LogP contribution in [0.1, 0.15) is 11.1 Å². The molecule has 5 nitrogen and oxygen atoms in total. The Kier molecular flexibility index (Phi) is 4.34. The summed E-state index contributed by atoms with van der Waals surface area (Å²) in [5.41, 5.74) is 1.76. The first-order valence-corrected chi connectivity index (χ1v) is 8.12. The topological polar surface area (TPSA) is 94.5 Å². The van der Waals surface area contributed by atoms with E-state index >= 15 is 0 Å². The highest BCUT2D eigenvalue weighted by Gasteiger charge is 2.08. The molecule has 2 aromatic rings. The van der Waals surface area contributed by atoms with Crippen LogP contribution >= 0.6 is 0 Å². The van der Waals surface area contributed by atoms with E-state index in [0.717, 1.165) is 11.1 Å². The highest BCUT2D eigenvalue weighted by atomic mass is 32.2. The molecule has 0 saturated carbocycles. The lowest BCUT2D eigenvalue weighted by molar-refractivity contribution is 0.483. The maximum absolute atomic E-state index is 10.9. The van der Waals surface area contributed by atoms with Crippen LogP contribution in [0.4, 0.5) is 0 Å². The van der Waals surface area contributed by atoms with Gasteiger partial charge in [-0.05, 0) is 52.9 Å². The standard InChI is InChI=1S/C13H12O5S2/c14-19(15)12-5-1-10(2-6-12)9-11-3-7-13(8-4-11)20(16,17)18/h1-8H,9H2,(H,14,15)(H,16,17,18)/p-1. The Hall–Kier alpha value is -1.54. The normalized spacial score (nSPS) is 13.1. The van der Waals surface area contributed by atoms with Gasteiger partial charge in [-0.15, -0.1) is 0 Å². The average Bonchev–Trinajstić information content (AvgIpc) is 2.39. The summed E-state index contributed by atoms with van der Waals surface area (Å²) < 4.78 is 52.1. The Balaban J connectivity index is 2.16. The monoisotopic (exact) mass is 311 g/mol. The van der Waals surface area contributed by atoms with Gasteiger partial charge in [0.2, 0.25) is 0 Å². The Labute approximate surface area is 119 Å². The molecule has 0 aliphatic carbocycles. The molecule has 0 aromatic heterocycles. The fraction of sp³-hybridized carbons (Fsp3) is 0.0769. The molecule has 0 saturated heterocycles. The molecule has 1 atom stereocenters. The number of hydrogen-bond donors (Lipinski definition) is 1. The van der Waals surface area contributed by atoms with Gasteiger partial charge in [0.05, 0.1) is 4.90 Å². The highest BCUT2D eigenvalue weighted by Crippen LogP contribution is 2.15. The van der Waals surface area contributed by atoms with Gasteiger partial charge < -0.3 is 4.55 Å². The van der Waals surface area contributed by atoms with E-state index in [-0.39, 0.29) is 9.79 Å². The molecule has 1 unspecified atom stereocenters. The maximum atomic E-state index is 10.9. The minimum atomic E-state index is -4.18. The van der Waals surface area contributed by atoms with Gasteiger partial charge in [0.25, 0.3) is 10.1 Å². The molecule has 1 N–H and O–H groups in total. The summed E-state index contributed by atoms with van der Waals surface area (Å²) in [5, 5.41) is 0. The minimum Gasteiger partial charge on any atom is -0.768 e. The van der Waals surface area contributed by atoms with Gasteiger partial charge in [0.1, 0.15) is 0 Å². The van der Waals surface area contributed by atoms with Crippen molar-refractivity contribution in [2.24, 2.45) is 0 Å². The zero-order valence-corrected chi connectivity index (χ0v) is 11.9. The van der Waals surface area contributed by atoms with Crippen LogP contribution in [0.5, 0.6) is 0 Å². The fourth-order valence-corrected chi connectivity index (χ4v) is 2.57. The second-order valence-electron chi connectivity index (χ2n) is 4.17. The summed E-state index contributed by atoms with van der Waals surface area (Å²) in [6.07, 6.45) is 0.539. The molecule has 106 valence electrons. The van der Waals surface area contributed by atoms with Gasteiger partial charge in [-0.25, -0.2) is 0 Å².